The van der Waals surface area contributed by atoms with Gasteiger partial charge in [-0.2, -0.15) is 4.98 Å². The number of ether oxygens (including phenoxy) is 2. The highest BCUT2D eigenvalue weighted by Gasteiger charge is 2.13. The molecule has 6 nitrogen and oxygen atoms in total. The van der Waals surface area contributed by atoms with Crippen molar-refractivity contribution >= 4 is 17.5 Å². The number of fused-ring (bicyclic) bond motifs is 1. The van der Waals surface area contributed by atoms with Crippen molar-refractivity contribution in [1.29, 1.82) is 0 Å². The molecule has 0 amide bonds. The van der Waals surface area contributed by atoms with Gasteiger partial charge in [0, 0.05) is 18.8 Å². The summed E-state index contributed by atoms with van der Waals surface area (Å²) >= 11 is 0. The van der Waals surface area contributed by atoms with E-state index in [0.29, 0.717) is 18.1 Å². The molecule has 0 fully saturated rings. The van der Waals surface area contributed by atoms with Gasteiger partial charge in [-0.15, -0.1) is 0 Å². The molecule has 0 radical (unpaired) electrons. The lowest BCUT2D eigenvalue weighted by Crippen LogP contribution is -2.05. The molecule has 2 heterocycles. The van der Waals surface area contributed by atoms with Crippen molar-refractivity contribution in [2.24, 2.45) is 0 Å². The predicted octanol–water partition coefficient (Wildman–Crippen LogP) is 3.84. The largest absolute Gasteiger partial charge is 0.454 e. The van der Waals surface area contributed by atoms with Crippen LogP contribution >= 0.6 is 0 Å². The second-order valence-electron chi connectivity index (χ2n) is 5.56. The maximum absolute atomic E-state index is 13.7. The van der Waals surface area contributed by atoms with E-state index < -0.39 is 11.6 Å². The van der Waals surface area contributed by atoms with Crippen LogP contribution in [0.2, 0.25) is 0 Å². The van der Waals surface area contributed by atoms with Gasteiger partial charge in [-0.1, -0.05) is 6.07 Å². The van der Waals surface area contributed by atoms with Gasteiger partial charge in [0.25, 0.3) is 0 Å². The average molecular weight is 356 g/mol. The topological polar surface area (TPSA) is 68.3 Å². The van der Waals surface area contributed by atoms with Crippen LogP contribution in [0.3, 0.4) is 0 Å². The van der Waals surface area contributed by atoms with Crippen LogP contribution in [0, 0.1) is 11.6 Å². The second kappa shape index (κ2) is 6.83. The predicted molar refractivity (Wildman–Crippen MR) is 91.6 cm³/mol. The Bertz CT molecular complexity index is 952. The normalized spacial score (nSPS) is 12.1. The summed E-state index contributed by atoms with van der Waals surface area (Å²) in [6.07, 6.45) is 1.54. The van der Waals surface area contributed by atoms with Gasteiger partial charge in [-0.25, -0.2) is 13.8 Å². The smallest absolute Gasteiger partial charge is 0.231 e. The molecule has 4 rings (SSSR count). The van der Waals surface area contributed by atoms with E-state index in [1.54, 1.807) is 12.3 Å². The first-order valence-corrected chi connectivity index (χ1v) is 7.85. The van der Waals surface area contributed by atoms with Crippen molar-refractivity contribution in [3.05, 3.63) is 65.9 Å². The van der Waals surface area contributed by atoms with Gasteiger partial charge in [-0.3, -0.25) is 0 Å². The zero-order valence-corrected chi connectivity index (χ0v) is 13.5. The number of benzene rings is 2. The molecule has 8 heteroatoms. The molecule has 0 bridgehead atoms. The molecule has 0 aliphatic carbocycles. The molecule has 2 aromatic carbocycles. The molecule has 0 atom stereocenters. The van der Waals surface area contributed by atoms with Crippen LogP contribution in [0.4, 0.5) is 26.2 Å². The number of nitrogens with zero attached hydrogens (tertiary/aromatic N) is 2. The fourth-order valence-corrected chi connectivity index (χ4v) is 2.47. The molecule has 0 saturated carbocycles. The Balaban J connectivity index is 1.44. The molecule has 3 aromatic rings. The fourth-order valence-electron chi connectivity index (χ4n) is 2.47. The summed E-state index contributed by atoms with van der Waals surface area (Å²) in [7, 11) is 0. The molecule has 2 N–H and O–H groups in total. The molecule has 0 unspecified atom stereocenters. The van der Waals surface area contributed by atoms with E-state index in [9.17, 15) is 8.78 Å². The number of halogens is 2. The van der Waals surface area contributed by atoms with Crippen molar-refractivity contribution < 1.29 is 18.3 Å². The molecule has 1 aromatic heterocycles. The zero-order valence-electron chi connectivity index (χ0n) is 13.5. The van der Waals surface area contributed by atoms with E-state index in [1.807, 2.05) is 18.2 Å². The van der Waals surface area contributed by atoms with Crippen molar-refractivity contribution in [1.82, 2.24) is 9.97 Å². The highest BCUT2D eigenvalue weighted by Crippen LogP contribution is 2.32. The number of anilines is 3. The number of rotatable bonds is 5. The fraction of sp³-hybridized carbons (Fsp3) is 0.111. The van der Waals surface area contributed by atoms with Crippen molar-refractivity contribution in [2.75, 3.05) is 17.4 Å². The van der Waals surface area contributed by atoms with Gasteiger partial charge in [0.05, 0.1) is 5.69 Å². The molecule has 132 valence electrons. The van der Waals surface area contributed by atoms with Crippen molar-refractivity contribution in [2.45, 2.75) is 6.54 Å². The molecule has 0 saturated heterocycles. The van der Waals surface area contributed by atoms with Crippen LogP contribution in [-0.2, 0) is 6.54 Å². The van der Waals surface area contributed by atoms with Gasteiger partial charge in [0.2, 0.25) is 12.7 Å². The van der Waals surface area contributed by atoms with Crippen LogP contribution < -0.4 is 20.1 Å². The third kappa shape index (κ3) is 3.49. The maximum atomic E-state index is 13.7. The lowest BCUT2D eigenvalue weighted by molar-refractivity contribution is 0.174. The van der Waals surface area contributed by atoms with Gasteiger partial charge in [0.1, 0.15) is 17.5 Å². The first kappa shape index (κ1) is 16.1. The van der Waals surface area contributed by atoms with E-state index in [0.717, 1.165) is 23.4 Å². The summed E-state index contributed by atoms with van der Waals surface area (Å²) in [6.45, 7) is 0.741. The Kier molecular flexibility index (Phi) is 4.22. The number of hydrogen-bond acceptors (Lipinski definition) is 6. The van der Waals surface area contributed by atoms with E-state index in [-0.39, 0.29) is 18.4 Å². The Labute approximate surface area is 147 Å². The highest BCUT2D eigenvalue weighted by atomic mass is 19.1. The highest BCUT2D eigenvalue weighted by molar-refractivity contribution is 5.55. The van der Waals surface area contributed by atoms with Gasteiger partial charge in [0.15, 0.2) is 11.5 Å². The standard InChI is InChI=1S/C18H14F2N4O2/c19-12-2-3-14(13(20)8-12)23-18-21-6-5-17(24-18)22-9-11-1-4-15-16(7-11)26-10-25-15/h1-8H,9-10H2,(H2,21,22,23,24). The third-order valence-electron chi connectivity index (χ3n) is 3.74. The number of hydrogen-bond donors (Lipinski definition) is 2. The summed E-state index contributed by atoms with van der Waals surface area (Å²) in [5, 5.41) is 5.89. The van der Waals surface area contributed by atoms with Crippen molar-refractivity contribution in [3.63, 3.8) is 0 Å². The van der Waals surface area contributed by atoms with E-state index >= 15 is 0 Å². The second-order valence-corrected chi connectivity index (χ2v) is 5.56. The van der Waals surface area contributed by atoms with Crippen LogP contribution in [-0.4, -0.2) is 16.8 Å². The van der Waals surface area contributed by atoms with E-state index in [4.69, 9.17) is 9.47 Å². The lowest BCUT2D eigenvalue weighted by Gasteiger charge is -2.09. The SMILES string of the molecule is Fc1ccc(Nc2nccc(NCc3ccc4c(c3)OCO4)n2)c(F)c1. The number of aromatic nitrogens is 2. The van der Waals surface area contributed by atoms with Crippen LogP contribution in [0.5, 0.6) is 11.5 Å². The van der Waals surface area contributed by atoms with Gasteiger partial charge in [-0.05, 0) is 35.9 Å². The number of nitrogens with one attached hydrogen (secondary N) is 2. The van der Waals surface area contributed by atoms with Gasteiger partial charge >= 0.3 is 0 Å². The minimum Gasteiger partial charge on any atom is -0.454 e. The monoisotopic (exact) mass is 356 g/mol. The molecular formula is C18H14F2N4O2. The summed E-state index contributed by atoms with van der Waals surface area (Å²) in [5.74, 6) is 0.832. The molecular weight excluding hydrogens is 342 g/mol. The first-order valence-electron chi connectivity index (χ1n) is 7.85. The van der Waals surface area contributed by atoms with Crippen LogP contribution in [0.1, 0.15) is 5.56 Å². The lowest BCUT2D eigenvalue weighted by atomic mass is 10.2. The quantitative estimate of drug-likeness (QED) is 0.724. The van der Waals surface area contributed by atoms with Crippen LogP contribution in [0.15, 0.2) is 48.7 Å². The first-order chi connectivity index (χ1) is 12.7. The zero-order chi connectivity index (χ0) is 17.9. The average Bonchev–Trinajstić information content (AvgIpc) is 3.10. The Morgan fingerprint density at radius 2 is 1.88 bits per heavy atom. The molecule has 26 heavy (non-hydrogen) atoms. The summed E-state index contributed by atoms with van der Waals surface area (Å²) in [6, 6.07) is 10.6. The molecule has 0 spiro atoms. The van der Waals surface area contributed by atoms with E-state index in [2.05, 4.69) is 20.6 Å². The third-order valence-corrected chi connectivity index (χ3v) is 3.74. The minimum absolute atomic E-state index is 0.0966. The Morgan fingerprint density at radius 1 is 1.00 bits per heavy atom. The summed E-state index contributed by atoms with van der Waals surface area (Å²) in [4.78, 5) is 8.31. The Morgan fingerprint density at radius 3 is 2.77 bits per heavy atom. The van der Waals surface area contributed by atoms with Crippen LogP contribution in [0.25, 0.3) is 0 Å². The maximum Gasteiger partial charge on any atom is 0.231 e. The Hall–Kier alpha value is -3.42. The van der Waals surface area contributed by atoms with Crippen molar-refractivity contribution in [3.8, 4) is 11.5 Å². The summed E-state index contributed by atoms with van der Waals surface area (Å²) in [5.41, 5.74) is 1.09. The van der Waals surface area contributed by atoms with Gasteiger partial charge < -0.3 is 20.1 Å². The summed E-state index contributed by atoms with van der Waals surface area (Å²) < 4.78 is 37.3. The molecule has 1 aliphatic heterocycles. The minimum atomic E-state index is -0.715. The molecule has 1 aliphatic rings. The van der Waals surface area contributed by atoms with E-state index in [1.165, 1.54) is 6.07 Å².